The van der Waals surface area contributed by atoms with Crippen LogP contribution in [0, 0.1) is 5.92 Å². The van der Waals surface area contributed by atoms with Gasteiger partial charge in [0, 0.05) is 17.8 Å². The normalized spacial score (nSPS) is 21.0. The van der Waals surface area contributed by atoms with E-state index in [0.717, 1.165) is 43.9 Å². The Morgan fingerprint density at radius 1 is 1.08 bits per heavy atom. The first-order chi connectivity index (χ1) is 12.3. The van der Waals surface area contributed by atoms with E-state index in [0.29, 0.717) is 5.92 Å². The number of hydrogen-bond donors (Lipinski definition) is 1. The monoisotopic (exact) mass is 336 g/mol. The van der Waals surface area contributed by atoms with Crippen LogP contribution in [0.1, 0.15) is 29.9 Å². The van der Waals surface area contributed by atoms with Gasteiger partial charge in [0.05, 0.1) is 13.0 Å². The molecule has 4 heteroatoms. The number of nitrogens with one attached hydrogen (secondary N) is 1. The second-order valence-electron chi connectivity index (χ2n) is 6.98. The van der Waals surface area contributed by atoms with Gasteiger partial charge in [-0.05, 0) is 49.5 Å². The standard InChI is InChI=1S/C21H24N2O2/c1-25-19-9-5-2-6-16(19)14-23-12-10-15(11-13-23)20-17-7-3-4-8-18(17)22-21(20)24/h2-9,15,20H,10-14H2,1H3,(H,22,24). The predicted octanol–water partition coefficient (Wildman–Crippen LogP) is 3.64. The van der Waals surface area contributed by atoms with Crippen molar-refractivity contribution in [1.82, 2.24) is 4.90 Å². The first-order valence-electron chi connectivity index (χ1n) is 9.00. The first-order valence-corrected chi connectivity index (χ1v) is 9.00. The van der Waals surface area contributed by atoms with E-state index in [9.17, 15) is 4.79 Å². The molecule has 0 saturated carbocycles. The van der Waals surface area contributed by atoms with Crippen molar-refractivity contribution in [1.29, 1.82) is 0 Å². The molecule has 2 aliphatic heterocycles. The van der Waals surface area contributed by atoms with Gasteiger partial charge in [-0.25, -0.2) is 0 Å². The molecule has 4 rings (SSSR count). The van der Waals surface area contributed by atoms with Crippen LogP contribution in [-0.2, 0) is 11.3 Å². The lowest BCUT2D eigenvalue weighted by molar-refractivity contribution is -0.118. The molecule has 2 heterocycles. The van der Waals surface area contributed by atoms with Crippen molar-refractivity contribution >= 4 is 11.6 Å². The zero-order valence-electron chi connectivity index (χ0n) is 14.6. The molecular weight excluding hydrogens is 312 g/mol. The van der Waals surface area contributed by atoms with Crippen molar-refractivity contribution in [3.63, 3.8) is 0 Å². The molecule has 0 bridgehead atoms. The Labute approximate surface area is 148 Å². The Hall–Kier alpha value is -2.33. The van der Waals surface area contributed by atoms with Crippen LogP contribution in [0.3, 0.4) is 0 Å². The smallest absolute Gasteiger partial charge is 0.232 e. The summed E-state index contributed by atoms with van der Waals surface area (Å²) in [6, 6.07) is 16.3. The Morgan fingerprint density at radius 3 is 2.60 bits per heavy atom. The van der Waals surface area contributed by atoms with E-state index in [2.05, 4.69) is 28.4 Å². The zero-order chi connectivity index (χ0) is 17.2. The third-order valence-corrected chi connectivity index (χ3v) is 5.53. The highest BCUT2D eigenvalue weighted by molar-refractivity contribution is 6.03. The average Bonchev–Trinajstić information content (AvgIpc) is 2.99. The van der Waals surface area contributed by atoms with Crippen LogP contribution in [0.15, 0.2) is 48.5 Å². The van der Waals surface area contributed by atoms with E-state index >= 15 is 0 Å². The molecular formula is C21H24N2O2. The van der Waals surface area contributed by atoms with E-state index in [1.807, 2.05) is 30.3 Å². The second-order valence-corrected chi connectivity index (χ2v) is 6.98. The first kappa shape index (κ1) is 16.2. The highest BCUT2D eigenvalue weighted by atomic mass is 16.5. The molecule has 4 nitrogen and oxygen atoms in total. The molecule has 2 aliphatic rings. The lowest BCUT2D eigenvalue weighted by atomic mass is 9.80. The number of amides is 1. The molecule has 1 saturated heterocycles. The van der Waals surface area contributed by atoms with E-state index in [1.165, 1.54) is 11.1 Å². The Balaban J connectivity index is 1.41. The van der Waals surface area contributed by atoms with E-state index in [-0.39, 0.29) is 11.8 Å². The third kappa shape index (κ3) is 3.14. The minimum Gasteiger partial charge on any atom is -0.496 e. The van der Waals surface area contributed by atoms with Crippen LogP contribution in [0.25, 0.3) is 0 Å². The second kappa shape index (κ2) is 6.89. The quantitative estimate of drug-likeness (QED) is 0.927. The molecule has 1 fully saturated rings. The predicted molar refractivity (Wildman–Crippen MR) is 98.8 cm³/mol. The van der Waals surface area contributed by atoms with E-state index in [4.69, 9.17) is 4.74 Å². The van der Waals surface area contributed by atoms with Gasteiger partial charge in [0.1, 0.15) is 5.75 Å². The number of carbonyl (C=O) groups is 1. The minimum absolute atomic E-state index is 0.0182. The van der Waals surface area contributed by atoms with Gasteiger partial charge in [-0.15, -0.1) is 0 Å². The number of ether oxygens (including phenoxy) is 1. The molecule has 1 unspecified atom stereocenters. The average molecular weight is 336 g/mol. The number of carbonyl (C=O) groups excluding carboxylic acids is 1. The molecule has 1 N–H and O–H groups in total. The summed E-state index contributed by atoms with van der Waals surface area (Å²) < 4.78 is 5.46. The van der Waals surface area contributed by atoms with Crippen LogP contribution >= 0.6 is 0 Å². The van der Waals surface area contributed by atoms with E-state index < -0.39 is 0 Å². The van der Waals surface area contributed by atoms with Crippen molar-refractivity contribution in [3.05, 3.63) is 59.7 Å². The molecule has 2 aromatic rings. The molecule has 0 aromatic heterocycles. The summed E-state index contributed by atoms with van der Waals surface area (Å²) in [6.07, 6.45) is 2.11. The Kier molecular flexibility index (Phi) is 4.45. The minimum atomic E-state index is 0.0182. The molecule has 0 radical (unpaired) electrons. The fourth-order valence-electron chi connectivity index (χ4n) is 4.22. The van der Waals surface area contributed by atoms with Gasteiger partial charge in [-0.3, -0.25) is 9.69 Å². The number of likely N-dealkylation sites (tertiary alicyclic amines) is 1. The number of nitrogens with zero attached hydrogens (tertiary/aromatic N) is 1. The summed E-state index contributed by atoms with van der Waals surface area (Å²) in [4.78, 5) is 14.9. The van der Waals surface area contributed by atoms with Crippen molar-refractivity contribution in [2.75, 3.05) is 25.5 Å². The van der Waals surface area contributed by atoms with Gasteiger partial charge in [0.25, 0.3) is 0 Å². The molecule has 0 aliphatic carbocycles. The number of rotatable bonds is 4. The number of para-hydroxylation sites is 2. The van der Waals surface area contributed by atoms with Gasteiger partial charge >= 0.3 is 0 Å². The number of fused-ring (bicyclic) bond motifs is 1. The molecule has 1 amide bonds. The van der Waals surface area contributed by atoms with Crippen LogP contribution < -0.4 is 10.1 Å². The Bertz CT molecular complexity index is 766. The summed E-state index contributed by atoms with van der Waals surface area (Å²) in [5.74, 6) is 1.57. The highest BCUT2D eigenvalue weighted by Crippen LogP contribution is 2.41. The topological polar surface area (TPSA) is 41.6 Å². The summed E-state index contributed by atoms with van der Waals surface area (Å²) in [7, 11) is 1.72. The maximum Gasteiger partial charge on any atom is 0.232 e. The number of piperidine rings is 1. The van der Waals surface area contributed by atoms with Gasteiger partial charge in [0.15, 0.2) is 0 Å². The fourth-order valence-corrected chi connectivity index (χ4v) is 4.22. The molecule has 25 heavy (non-hydrogen) atoms. The van der Waals surface area contributed by atoms with Crippen molar-refractivity contribution < 1.29 is 9.53 Å². The highest BCUT2D eigenvalue weighted by Gasteiger charge is 2.37. The fraction of sp³-hybridized carbons (Fsp3) is 0.381. The van der Waals surface area contributed by atoms with Gasteiger partial charge < -0.3 is 10.1 Å². The molecule has 0 spiro atoms. The van der Waals surface area contributed by atoms with Crippen molar-refractivity contribution in [2.45, 2.75) is 25.3 Å². The van der Waals surface area contributed by atoms with Crippen LogP contribution in [0.5, 0.6) is 5.75 Å². The third-order valence-electron chi connectivity index (χ3n) is 5.53. The zero-order valence-corrected chi connectivity index (χ0v) is 14.6. The lowest BCUT2D eigenvalue weighted by Crippen LogP contribution is -2.36. The molecule has 2 aromatic carbocycles. The molecule has 1 atom stereocenters. The maximum atomic E-state index is 12.4. The number of anilines is 1. The van der Waals surface area contributed by atoms with Gasteiger partial charge in [0.2, 0.25) is 5.91 Å². The number of hydrogen-bond acceptors (Lipinski definition) is 3. The molecule has 130 valence electrons. The van der Waals surface area contributed by atoms with Crippen molar-refractivity contribution in [2.24, 2.45) is 5.92 Å². The van der Waals surface area contributed by atoms with E-state index in [1.54, 1.807) is 7.11 Å². The number of benzene rings is 2. The summed E-state index contributed by atoms with van der Waals surface area (Å²) in [5, 5.41) is 3.04. The van der Waals surface area contributed by atoms with Gasteiger partial charge in [-0.2, -0.15) is 0 Å². The van der Waals surface area contributed by atoms with Crippen LogP contribution in [0.4, 0.5) is 5.69 Å². The van der Waals surface area contributed by atoms with Gasteiger partial charge in [-0.1, -0.05) is 36.4 Å². The maximum absolute atomic E-state index is 12.4. The summed E-state index contributed by atoms with van der Waals surface area (Å²) in [6.45, 7) is 2.95. The summed E-state index contributed by atoms with van der Waals surface area (Å²) in [5.41, 5.74) is 3.40. The van der Waals surface area contributed by atoms with Crippen LogP contribution in [-0.4, -0.2) is 31.0 Å². The SMILES string of the molecule is COc1ccccc1CN1CCC(C2C(=O)Nc3ccccc32)CC1. The summed E-state index contributed by atoms with van der Waals surface area (Å²) >= 11 is 0. The van der Waals surface area contributed by atoms with Crippen LogP contribution in [0.2, 0.25) is 0 Å². The lowest BCUT2D eigenvalue weighted by Gasteiger charge is -2.34. The largest absolute Gasteiger partial charge is 0.496 e. The Morgan fingerprint density at radius 2 is 1.80 bits per heavy atom. The van der Waals surface area contributed by atoms with Crippen molar-refractivity contribution in [3.8, 4) is 5.75 Å². The number of methoxy groups -OCH3 is 1.